The molecule has 1 N–H and O–H groups in total. The lowest BCUT2D eigenvalue weighted by molar-refractivity contribution is -0.140. The van der Waals surface area contributed by atoms with Gasteiger partial charge in [0.1, 0.15) is 17.3 Å². The molecule has 2 aromatic carbocycles. The number of ether oxygens (including phenoxy) is 3. The van der Waals surface area contributed by atoms with Crippen molar-refractivity contribution in [3.63, 3.8) is 0 Å². The summed E-state index contributed by atoms with van der Waals surface area (Å²) in [4.78, 5) is 27.5. The summed E-state index contributed by atoms with van der Waals surface area (Å²) in [6.07, 6.45) is 3.77. The van der Waals surface area contributed by atoms with Crippen molar-refractivity contribution in [1.82, 2.24) is 4.90 Å². The van der Waals surface area contributed by atoms with Crippen LogP contribution in [0, 0.1) is 0 Å². The number of aliphatic hydroxyl groups is 1. The Morgan fingerprint density at radius 1 is 0.912 bits per heavy atom. The first kappa shape index (κ1) is 25.3. The van der Waals surface area contributed by atoms with E-state index in [2.05, 4.69) is 6.92 Å². The molecular formula is C27H33NO6. The number of rotatable bonds is 12. The number of benzene rings is 2. The molecule has 7 heteroatoms. The Bertz CT molecular complexity index is 997. The number of likely N-dealkylation sites (tertiary alicyclic amines) is 1. The molecule has 0 aliphatic carbocycles. The molecule has 1 aliphatic rings. The van der Waals surface area contributed by atoms with Gasteiger partial charge in [0.2, 0.25) is 0 Å². The van der Waals surface area contributed by atoms with Gasteiger partial charge in [-0.15, -0.1) is 0 Å². The Kier molecular flexibility index (Phi) is 9.10. The number of ketones is 1. The van der Waals surface area contributed by atoms with Crippen molar-refractivity contribution in [3.05, 3.63) is 65.2 Å². The van der Waals surface area contributed by atoms with E-state index >= 15 is 0 Å². The van der Waals surface area contributed by atoms with Crippen molar-refractivity contribution in [3.8, 4) is 11.5 Å². The normalized spacial score (nSPS) is 17.3. The molecule has 1 saturated heterocycles. The third kappa shape index (κ3) is 5.78. The topological polar surface area (TPSA) is 85.3 Å². The molecule has 1 fully saturated rings. The minimum atomic E-state index is -0.701. The lowest BCUT2D eigenvalue weighted by atomic mass is 9.95. The molecular weight excluding hydrogens is 434 g/mol. The molecule has 0 saturated carbocycles. The number of methoxy groups -OCH3 is 2. The minimum Gasteiger partial charge on any atom is -0.507 e. The average Bonchev–Trinajstić information content (AvgIpc) is 3.12. The molecule has 1 amide bonds. The van der Waals surface area contributed by atoms with E-state index in [4.69, 9.17) is 14.2 Å². The summed E-state index contributed by atoms with van der Waals surface area (Å²) >= 11 is 0. The number of Topliss-reactive ketones (excluding diaryl/α,β-unsaturated/α-hetero) is 1. The van der Waals surface area contributed by atoms with Gasteiger partial charge < -0.3 is 24.2 Å². The SMILES string of the molecule is CCCCCOc1ccc(/C(O)=C2/C(=O)C(=O)N(CCCOC)C2c2ccc(OC)cc2)cc1. The van der Waals surface area contributed by atoms with Gasteiger partial charge in [0.25, 0.3) is 11.7 Å². The van der Waals surface area contributed by atoms with E-state index < -0.39 is 17.7 Å². The Hall–Kier alpha value is -3.32. The number of carbonyl (C=O) groups excluding carboxylic acids is 2. The highest BCUT2D eigenvalue weighted by Crippen LogP contribution is 2.40. The van der Waals surface area contributed by atoms with E-state index in [9.17, 15) is 14.7 Å². The Balaban J connectivity index is 1.94. The van der Waals surface area contributed by atoms with E-state index in [1.165, 1.54) is 4.90 Å². The standard InChI is InChI=1S/C27H33NO6/c1-4-5-6-18-34-22-14-10-20(11-15-22)25(29)23-24(19-8-12-21(33-3)13-9-19)28(16-7-17-32-2)27(31)26(23)30/h8-15,24,29H,4-7,16-18H2,1-3H3/b25-23-. The number of hydrogen-bond acceptors (Lipinski definition) is 6. The van der Waals surface area contributed by atoms with Gasteiger partial charge in [0.15, 0.2) is 0 Å². The Labute approximate surface area is 200 Å². The lowest BCUT2D eigenvalue weighted by Gasteiger charge is -2.25. The maximum Gasteiger partial charge on any atom is 0.295 e. The first-order chi connectivity index (χ1) is 16.5. The quantitative estimate of drug-likeness (QED) is 0.210. The fourth-order valence-electron chi connectivity index (χ4n) is 4.03. The van der Waals surface area contributed by atoms with Crippen LogP contribution in [0.4, 0.5) is 0 Å². The largest absolute Gasteiger partial charge is 0.507 e. The van der Waals surface area contributed by atoms with Crippen LogP contribution in [0.2, 0.25) is 0 Å². The second kappa shape index (κ2) is 12.2. The van der Waals surface area contributed by atoms with Crippen LogP contribution in [0.3, 0.4) is 0 Å². The molecule has 182 valence electrons. The summed E-state index contributed by atoms with van der Waals surface area (Å²) in [7, 11) is 3.16. The number of hydrogen-bond donors (Lipinski definition) is 1. The fourth-order valence-corrected chi connectivity index (χ4v) is 4.03. The van der Waals surface area contributed by atoms with Crippen molar-refractivity contribution in [2.45, 2.75) is 38.6 Å². The molecule has 1 atom stereocenters. The number of amides is 1. The van der Waals surface area contributed by atoms with E-state index in [0.29, 0.717) is 43.2 Å². The highest BCUT2D eigenvalue weighted by Gasteiger charge is 2.45. The number of carbonyl (C=O) groups is 2. The first-order valence-corrected chi connectivity index (χ1v) is 11.7. The molecule has 0 radical (unpaired) electrons. The van der Waals surface area contributed by atoms with Gasteiger partial charge in [-0.2, -0.15) is 0 Å². The van der Waals surface area contributed by atoms with Gasteiger partial charge in [-0.25, -0.2) is 0 Å². The zero-order chi connectivity index (χ0) is 24.5. The third-order valence-electron chi connectivity index (χ3n) is 5.86. The monoisotopic (exact) mass is 467 g/mol. The van der Waals surface area contributed by atoms with Crippen LogP contribution in [0.25, 0.3) is 5.76 Å². The van der Waals surface area contributed by atoms with Gasteiger partial charge in [0.05, 0.1) is 25.3 Å². The van der Waals surface area contributed by atoms with Crippen molar-refractivity contribution >= 4 is 17.4 Å². The predicted molar refractivity (Wildman–Crippen MR) is 130 cm³/mol. The van der Waals surface area contributed by atoms with Crippen LogP contribution < -0.4 is 9.47 Å². The van der Waals surface area contributed by atoms with Crippen molar-refractivity contribution in [2.75, 3.05) is 34.0 Å². The van der Waals surface area contributed by atoms with Crippen molar-refractivity contribution in [1.29, 1.82) is 0 Å². The number of aliphatic hydroxyl groups excluding tert-OH is 1. The second-order valence-electron chi connectivity index (χ2n) is 8.19. The smallest absolute Gasteiger partial charge is 0.295 e. The summed E-state index contributed by atoms with van der Waals surface area (Å²) in [6.45, 7) is 3.55. The molecule has 3 rings (SSSR count). The predicted octanol–water partition coefficient (Wildman–Crippen LogP) is 4.72. The van der Waals surface area contributed by atoms with Gasteiger partial charge in [-0.1, -0.05) is 31.9 Å². The highest BCUT2D eigenvalue weighted by atomic mass is 16.5. The van der Waals surface area contributed by atoms with Crippen LogP contribution in [-0.4, -0.2) is 55.7 Å². The number of unbranched alkanes of at least 4 members (excludes halogenated alkanes) is 2. The molecule has 0 spiro atoms. The van der Waals surface area contributed by atoms with Crippen LogP contribution >= 0.6 is 0 Å². The summed E-state index contributed by atoms with van der Waals surface area (Å²) in [5, 5.41) is 11.2. The zero-order valence-corrected chi connectivity index (χ0v) is 20.1. The van der Waals surface area contributed by atoms with Gasteiger partial charge >= 0.3 is 0 Å². The van der Waals surface area contributed by atoms with Crippen LogP contribution in [0.15, 0.2) is 54.1 Å². The van der Waals surface area contributed by atoms with Gasteiger partial charge in [-0.05, 0) is 54.8 Å². The van der Waals surface area contributed by atoms with E-state index in [1.54, 1.807) is 62.8 Å². The average molecular weight is 468 g/mol. The summed E-state index contributed by atoms with van der Waals surface area (Å²) in [5.74, 6) is -0.176. The van der Waals surface area contributed by atoms with Crippen molar-refractivity contribution in [2.24, 2.45) is 0 Å². The van der Waals surface area contributed by atoms with Gasteiger partial charge in [-0.3, -0.25) is 9.59 Å². The minimum absolute atomic E-state index is 0.0733. The molecule has 0 bridgehead atoms. The zero-order valence-electron chi connectivity index (χ0n) is 20.1. The summed E-state index contributed by atoms with van der Waals surface area (Å²) in [5.41, 5.74) is 1.24. The first-order valence-electron chi connectivity index (χ1n) is 11.7. The molecule has 1 heterocycles. The maximum absolute atomic E-state index is 13.1. The maximum atomic E-state index is 13.1. The summed E-state index contributed by atoms with van der Waals surface area (Å²) in [6, 6.07) is 13.4. The van der Waals surface area contributed by atoms with E-state index in [1.807, 2.05) is 0 Å². The lowest BCUT2D eigenvalue weighted by Crippen LogP contribution is -2.31. The molecule has 34 heavy (non-hydrogen) atoms. The fraction of sp³-hybridized carbons (Fsp3) is 0.407. The van der Waals surface area contributed by atoms with Crippen LogP contribution in [0.5, 0.6) is 11.5 Å². The van der Waals surface area contributed by atoms with E-state index in [-0.39, 0.29) is 11.3 Å². The molecule has 1 aliphatic heterocycles. The van der Waals surface area contributed by atoms with E-state index in [0.717, 1.165) is 24.8 Å². The third-order valence-corrected chi connectivity index (χ3v) is 5.86. The Morgan fingerprint density at radius 3 is 2.21 bits per heavy atom. The Morgan fingerprint density at radius 2 is 1.59 bits per heavy atom. The molecule has 2 aromatic rings. The van der Waals surface area contributed by atoms with Crippen LogP contribution in [-0.2, 0) is 14.3 Å². The number of nitrogens with zero attached hydrogens (tertiary/aromatic N) is 1. The second-order valence-corrected chi connectivity index (χ2v) is 8.19. The highest BCUT2D eigenvalue weighted by molar-refractivity contribution is 6.46. The van der Waals surface area contributed by atoms with Gasteiger partial charge in [0, 0.05) is 25.8 Å². The molecule has 7 nitrogen and oxygen atoms in total. The summed E-state index contributed by atoms with van der Waals surface area (Å²) < 4.78 is 16.1. The molecule has 0 aromatic heterocycles. The van der Waals surface area contributed by atoms with Crippen LogP contribution in [0.1, 0.15) is 49.8 Å². The van der Waals surface area contributed by atoms with Crippen molar-refractivity contribution < 1.29 is 28.9 Å². The molecule has 1 unspecified atom stereocenters.